The van der Waals surface area contributed by atoms with E-state index < -0.39 is 23.9 Å². The van der Waals surface area contributed by atoms with E-state index >= 15 is 0 Å². The first-order valence-corrected chi connectivity index (χ1v) is 14.6. The van der Waals surface area contributed by atoms with Gasteiger partial charge in [-0.2, -0.15) is 4.31 Å². The van der Waals surface area contributed by atoms with E-state index in [1.54, 1.807) is 18.2 Å². The molecule has 0 radical (unpaired) electrons. The highest BCUT2D eigenvalue weighted by molar-refractivity contribution is 7.89. The van der Waals surface area contributed by atoms with Crippen LogP contribution in [0.4, 0.5) is 0 Å². The maximum atomic E-state index is 13.0. The molecule has 29 heavy (non-hydrogen) atoms. The quantitative estimate of drug-likeness (QED) is 0.375. The molecule has 164 valence electrons. The van der Waals surface area contributed by atoms with Crippen LogP contribution in [0.5, 0.6) is 0 Å². The van der Waals surface area contributed by atoms with E-state index in [9.17, 15) is 8.42 Å². The van der Waals surface area contributed by atoms with Crippen LogP contribution in [0.15, 0.2) is 47.0 Å². The maximum absolute atomic E-state index is 13.0. The number of hydrogen-bond acceptors (Lipinski definition) is 3. The number of sulfonamides is 1. The van der Waals surface area contributed by atoms with Gasteiger partial charge in [0.15, 0.2) is 8.32 Å². The predicted octanol–water partition coefficient (Wildman–Crippen LogP) is 5.91. The molecule has 0 atom stereocenters. The Morgan fingerprint density at radius 1 is 1.10 bits per heavy atom. The van der Waals surface area contributed by atoms with Crippen molar-refractivity contribution in [2.75, 3.05) is 6.54 Å². The molecule has 1 aromatic rings. The summed E-state index contributed by atoms with van der Waals surface area (Å²) in [5.74, 6) is 0. The van der Waals surface area contributed by atoms with Gasteiger partial charge in [-0.15, -0.1) is 5.73 Å². The van der Waals surface area contributed by atoms with Crippen molar-refractivity contribution >= 4 is 18.3 Å². The predicted molar refractivity (Wildman–Crippen MR) is 125 cm³/mol. The molecule has 4 nitrogen and oxygen atoms in total. The molecule has 0 spiro atoms. The third kappa shape index (κ3) is 7.23. The second-order valence-electron chi connectivity index (χ2n) is 9.96. The Morgan fingerprint density at radius 3 is 2.07 bits per heavy atom. The normalized spacial score (nSPS) is 13.5. The number of benzene rings is 1. The Morgan fingerprint density at radius 2 is 1.62 bits per heavy atom. The second kappa shape index (κ2) is 9.32. The Labute approximate surface area is 179 Å². The first-order chi connectivity index (χ1) is 13.0. The Balaban J connectivity index is 3.01. The average molecular weight is 438 g/mol. The molecule has 6 heteroatoms. The molecule has 0 aliphatic rings. The van der Waals surface area contributed by atoms with Crippen molar-refractivity contribution in [1.29, 1.82) is 0 Å². The van der Waals surface area contributed by atoms with Crippen molar-refractivity contribution in [1.82, 2.24) is 4.31 Å². The van der Waals surface area contributed by atoms with Crippen LogP contribution >= 0.6 is 0 Å². The van der Waals surface area contributed by atoms with Crippen LogP contribution in [0, 0.1) is 6.92 Å². The zero-order valence-corrected chi connectivity index (χ0v) is 21.6. The van der Waals surface area contributed by atoms with Gasteiger partial charge in [-0.1, -0.05) is 38.5 Å². The van der Waals surface area contributed by atoms with Crippen LogP contribution in [0.25, 0.3) is 0 Å². The lowest BCUT2D eigenvalue weighted by Crippen LogP contribution is -2.46. The SMILES string of the molecule is Cc1ccc(S(=O)(=O)N(CC=C=CC(C)(C)O[Si](C)(C)C(C)(C)C)C(C)C)cc1. The minimum absolute atomic E-state index is 0.123. The van der Waals surface area contributed by atoms with Gasteiger partial charge in [0.2, 0.25) is 10.0 Å². The van der Waals surface area contributed by atoms with Gasteiger partial charge in [0.05, 0.1) is 10.5 Å². The van der Waals surface area contributed by atoms with Gasteiger partial charge in [0.1, 0.15) is 0 Å². The summed E-state index contributed by atoms with van der Waals surface area (Å²) in [5.41, 5.74) is 3.73. The monoisotopic (exact) mass is 437 g/mol. The molecule has 0 aromatic heterocycles. The average Bonchev–Trinajstić information content (AvgIpc) is 2.52. The van der Waals surface area contributed by atoms with Crippen LogP contribution in [-0.2, 0) is 14.4 Å². The zero-order valence-electron chi connectivity index (χ0n) is 19.8. The topological polar surface area (TPSA) is 46.6 Å². The first kappa shape index (κ1) is 25.9. The summed E-state index contributed by atoms with van der Waals surface area (Å²) in [6.45, 7) is 21.1. The van der Waals surface area contributed by atoms with Crippen molar-refractivity contribution in [2.24, 2.45) is 0 Å². The smallest absolute Gasteiger partial charge is 0.243 e. The Hall–Kier alpha value is -1.17. The molecule has 0 unspecified atom stereocenters. The molecule has 0 aliphatic carbocycles. The van der Waals surface area contributed by atoms with Gasteiger partial charge in [-0.25, -0.2) is 8.42 Å². The summed E-state index contributed by atoms with van der Waals surface area (Å²) in [6, 6.07) is 6.81. The van der Waals surface area contributed by atoms with Gasteiger partial charge >= 0.3 is 0 Å². The van der Waals surface area contributed by atoms with E-state index in [0.29, 0.717) is 4.90 Å². The van der Waals surface area contributed by atoms with Crippen molar-refractivity contribution in [3.63, 3.8) is 0 Å². The van der Waals surface area contributed by atoms with E-state index in [4.69, 9.17) is 4.43 Å². The molecule has 0 amide bonds. The third-order valence-electron chi connectivity index (χ3n) is 5.35. The lowest BCUT2D eigenvalue weighted by Gasteiger charge is -2.41. The molecule has 0 saturated heterocycles. The van der Waals surface area contributed by atoms with Crippen LogP contribution in [0.1, 0.15) is 54.0 Å². The van der Waals surface area contributed by atoms with Gasteiger partial charge < -0.3 is 4.43 Å². The molecule has 0 fully saturated rings. The summed E-state index contributed by atoms with van der Waals surface area (Å²) in [4.78, 5) is 0.316. The van der Waals surface area contributed by atoms with E-state index in [0.717, 1.165) is 5.56 Å². The first-order valence-electron chi connectivity index (χ1n) is 10.2. The van der Waals surface area contributed by atoms with Gasteiger partial charge in [-0.3, -0.25) is 0 Å². The van der Waals surface area contributed by atoms with Gasteiger partial charge in [0, 0.05) is 12.6 Å². The number of aryl methyl sites for hydroxylation is 1. The molecule has 0 heterocycles. The van der Waals surface area contributed by atoms with Crippen LogP contribution in [0.2, 0.25) is 18.1 Å². The van der Waals surface area contributed by atoms with Crippen molar-refractivity contribution < 1.29 is 12.8 Å². The summed E-state index contributed by atoms with van der Waals surface area (Å²) in [7, 11) is -5.47. The molecule has 0 saturated carbocycles. The third-order valence-corrected chi connectivity index (χ3v) is 12.1. The lowest BCUT2D eigenvalue weighted by atomic mass is 10.1. The highest BCUT2D eigenvalue weighted by Crippen LogP contribution is 2.39. The van der Waals surface area contributed by atoms with Crippen LogP contribution in [-0.4, -0.2) is 39.2 Å². The van der Waals surface area contributed by atoms with Crippen molar-refractivity contribution in [3.8, 4) is 0 Å². The number of hydrogen-bond donors (Lipinski definition) is 0. The van der Waals surface area contributed by atoms with Crippen molar-refractivity contribution in [2.45, 2.75) is 90.1 Å². The van der Waals surface area contributed by atoms with Gasteiger partial charge in [-0.05, 0) is 77.0 Å². The molecule has 1 rings (SSSR count). The molecule has 0 aliphatic heterocycles. The second-order valence-corrected chi connectivity index (χ2v) is 16.6. The fourth-order valence-corrected chi connectivity index (χ4v) is 5.93. The molecule has 1 aromatic carbocycles. The molecule has 0 bridgehead atoms. The minimum Gasteiger partial charge on any atom is -0.408 e. The Kier molecular flexibility index (Phi) is 8.31. The fraction of sp³-hybridized carbons (Fsp3) is 0.609. The maximum Gasteiger partial charge on any atom is 0.243 e. The van der Waals surface area contributed by atoms with Crippen LogP contribution in [0.3, 0.4) is 0 Å². The van der Waals surface area contributed by atoms with Crippen LogP contribution < -0.4 is 0 Å². The fourth-order valence-electron chi connectivity index (χ4n) is 2.67. The number of rotatable bonds is 8. The molecular formula is C23H39NO3SSi. The van der Waals surface area contributed by atoms with E-state index in [2.05, 4.69) is 39.6 Å². The summed E-state index contributed by atoms with van der Waals surface area (Å²) in [5, 5.41) is 0.123. The zero-order chi connectivity index (χ0) is 22.7. The molecular weight excluding hydrogens is 398 g/mol. The summed E-state index contributed by atoms with van der Waals surface area (Å²) >= 11 is 0. The number of nitrogens with zero attached hydrogens (tertiary/aromatic N) is 1. The standard InChI is InChI=1S/C23H39NO3SSi/c1-19(2)24(28(25,26)21-15-13-20(3)14-16-21)18-12-11-17-23(7,8)27-29(9,10)22(4,5)6/h12-17,19H,18H2,1-10H3. The lowest BCUT2D eigenvalue weighted by molar-refractivity contribution is 0.142. The highest BCUT2D eigenvalue weighted by Gasteiger charge is 2.40. The van der Waals surface area contributed by atoms with Gasteiger partial charge in [0.25, 0.3) is 0 Å². The summed E-state index contributed by atoms with van der Waals surface area (Å²) < 4.78 is 34.0. The highest BCUT2D eigenvalue weighted by atomic mass is 32.2. The van der Waals surface area contributed by atoms with Crippen molar-refractivity contribution in [3.05, 3.63) is 47.7 Å². The molecule has 0 N–H and O–H groups in total. The van der Waals surface area contributed by atoms with E-state index in [1.807, 2.05) is 52.8 Å². The minimum atomic E-state index is -3.56. The Bertz CT molecular complexity index is 841. The largest absolute Gasteiger partial charge is 0.408 e. The van der Waals surface area contributed by atoms with E-state index in [1.165, 1.54) is 4.31 Å². The summed E-state index contributed by atoms with van der Waals surface area (Å²) in [6.07, 6.45) is 3.66. The van der Waals surface area contributed by atoms with E-state index in [-0.39, 0.29) is 17.6 Å².